The van der Waals surface area contributed by atoms with Crippen LogP contribution in [0.5, 0.6) is 17.2 Å². The van der Waals surface area contributed by atoms with Crippen molar-refractivity contribution in [1.82, 2.24) is 9.80 Å². The van der Waals surface area contributed by atoms with E-state index in [1.165, 1.54) is 5.56 Å². The van der Waals surface area contributed by atoms with Crippen molar-refractivity contribution >= 4 is 0 Å². The van der Waals surface area contributed by atoms with Crippen LogP contribution in [0.1, 0.15) is 11.1 Å². The molecule has 7 nitrogen and oxygen atoms in total. The van der Waals surface area contributed by atoms with Gasteiger partial charge in [-0.25, -0.2) is 0 Å². The lowest BCUT2D eigenvalue weighted by molar-refractivity contribution is 0.0446. The maximum Gasteiger partial charge on any atom is 0.161 e. The number of aliphatic hydroxyl groups excluding tert-OH is 1. The molecule has 0 saturated carbocycles. The van der Waals surface area contributed by atoms with Gasteiger partial charge in [-0.15, -0.1) is 0 Å². The number of nitriles is 1. The molecular weight excluding hydrogens is 382 g/mol. The second-order valence-corrected chi connectivity index (χ2v) is 7.66. The first-order chi connectivity index (χ1) is 14.7. The second-order valence-electron chi connectivity index (χ2n) is 7.66. The van der Waals surface area contributed by atoms with Gasteiger partial charge in [-0.3, -0.25) is 9.80 Å². The van der Waals surface area contributed by atoms with E-state index in [1.807, 2.05) is 6.07 Å². The summed E-state index contributed by atoms with van der Waals surface area (Å²) in [7, 11) is 0. The van der Waals surface area contributed by atoms with Crippen molar-refractivity contribution in [2.75, 3.05) is 52.5 Å². The molecule has 30 heavy (non-hydrogen) atoms. The Balaban J connectivity index is 1.18. The standard InChI is InChI=1S/C23H27N3O4/c24-14-18-1-4-21(5-2-18)30-17-20(27)16-26-9-7-25(8-10-26)15-19-3-6-22-23(13-19)29-12-11-28-22/h1-6,13,20,27H,7-12,15-17H2. The highest BCUT2D eigenvalue weighted by molar-refractivity contribution is 5.43. The topological polar surface area (TPSA) is 78.2 Å². The number of hydrogen-bond acceptors (Lipinski definition) is 7. The molecular formula is C23H27N3O4. The molecule has 2 heterocycles. The first kappa shape index (κ1) is 20.5. The summed E-state index contributed by atoms with van der Waals surface area (Å²) >= 11 is 0. The van der Waals surface area contributed by atoms with E-state index in [0.717, 1.165) is 44.2 Å². The molecule has 2 aliphatic heterocycles. The van der Waals surface area contributed by atoms with Crippen molar-refractivity contribution in [1.29, 1.82) is 5.26 Å². The molecule has 0 radical (unpaired) electrons. The minimum atomic E-state index is -0.551. The number of nitrogens with zero attached hydrogens (tertiary/aromatic N) is 3. The van der Waals surface area contributed by atoms with Gasteiger partial charge in [-0.05, 0) is 42.0 Å². The van der Waals surface area contributed by atoms with E-state index >= 15 is 0 Å². The molecule has 7 heteroatoms. The number of piperazine rings is 1. The highest BCUT2D eigenvalue weighted by atomic mass is 16.6. The molecule has 1 fully saturated rings. The van der Waals surface area contributed by atoms with Gasteiger partial charge in [0, 0.05) is 39.3 Å². The molecule has 1 saturated heterocycles. The largest absolute Gasteiger partial charge is 0.491 e. The Bertz CT molecular complexity index is 873. The first-order valence-corrected chi connectivity index (χ1v) is 10.3. The lowest BCUT2D eigenvalue weighted by Gasteiger charge is -2.35. The molecule has 0 aromatic heterocycles. The summed E-state index contributed by atoms with van der Waals surface area (Å²) in [6, 6.07) is 15.2. The number of benzene rings is 2. The molecule has 1 N–H and O–H groups in total. The minimum absolute atomic E-state index is 0.239. The van der Waals surface area contributed by atoms with Crippen LogP contribution in [0.3, 0.4) is 0 Å². The molecule has 0 bridgehead atoms. The molecule has 1 atom stereocenters. The van der Waals surface area contributed by atoms with Gasteiger partial charge in [0.25, 0.3) is 0 Å². The van der Waals surface area contributed by atoms with Gasteiger partial charge in [0.1, 0.15) is 31.7 Å². The van der Waals surface area contributed by atoms with Crippen molar-refractivity contribution in [3.8, 4) is 23.3 Å². The van der Waals surface area contributed by atoms with E-state index < -0.39 is 6.10 Å². The Morgan fingerprint density at radius 3 is 2.40 bits per heavy atom. The Kier molecular flexibility index (Phi) is 6.70. The van der Waals surface area contributed by atoms with Gasteiger partial charge in [-0.1, -0.05) is 6.07 Å². The summed E-state index contributed by atoms with van der Waals surface area (Å²) in [6.07, 6.45) is -0.551. The number of fused-ring (bicyclic) bond motifs is 1. The van der Waals surface area contributed by atoms with E-state index in [1.54, 1.807) is 24.3 Å². The zero-order valence-corrected chi connectivity index (χ0v) is 17.0. The van der Waals surface area contributed by atoms with Crippen molar-refractivity contribution in [2.24, 2.45) is 0 Å². The fourth-order valence-electron chi connectivity index (χ4n) is 3.74. The average Bonchev–Trinajstić information content (AvgIpc) is 2.79. The Hall–Kier alpha value is -2.79. The van der Waals surface area contributed by atoms with Crippen molar-refractivity contribution in [3.63, 3.8) is 0 Å². The van der Waals surface area contributed by atoms with Crippen LogP contribution in [-0.4, -0.2) is 73.6 Å². The van der Waals surface area contributed by atoms with Crippen LogP contribution < -0.4 is 14.2 Å². The highest BCUT2D eigenvalue weighted by Gasteiger charge is 2.20. The minimum Gasteiger partial charge on any atom is -0.491 e. The summed E-state index contributed by atoms with van der Waals surface area (Å²) in [6.45, 7) is 6.67. The molecule has 0 amide bonds. The summed E-state index contributed by atoms with van der Waals surface area (Å²) in [5.41, 5.74) is 1.82. The summed E-state index contributed by atoms with van der Waals surface area (Å²) in [5.74, 6) is 2.33. The van der Waals surface area contributed by atoms with E-state index in [4.69, 9.17) is 19.5 Å². The van der Waals surface area contributed by atoms with Crippen molar-refractivity contribution in [3.05, 3.63) is 53.6 Å². The van der Waals surface area contributed by atoms with Gasteiger partial charge in [-0.2, -0.15) is 5.26 Å². The van der Waals surface area contributed by atoms with Crippen LogP contribution in [0, 0.1) is 11.3 Å². The average molecular weight is 409 g/mol. The maximum absolute atomic E-state index is 10.3. The fourth-order valence-corrected chi connectivity index (χ4v) is 3.74. The van der Waals surface area contributed by atoms with E-state index in [-0.39, 0.29) is 6.61 Å². The number of hydrogen-bond donors (Lipinski definition) is 1. The van der Waals surface area contributed by atoms with Crippen LogP contribution in [0.4, 0.5) is 0 Å². The van der Waals surface area contributed by atoms with Gasteiger partial charge in [0.15, 0.2) is 11.5 Å². The molecule has 4 rings (SSSR count). The normalized spacial score (nSPS) is 17.9. The number of rotatable bonds is 7. The molecule has 2 aromatic rings. The monoisotopic (exact) mass is 409 g/mol. The maximum atomic E-state index is 10.3. The number of aliphatic hydroxyl groups is 1. The SMILES string of the molecule is N#Cc1ccc(OCC(O)CN2CCN(Cc3ccc4c(c3)OCCO4)CC2)cc1. The van der Waals surface area contributed by atoms with Gasteiger partial charge >= 0.3 is 0 Å². The van der Waals surface area contributed by atoms with E-state index in [9.17, 15) is 5.11 Å². The smallest absolute Gasteiger partial charge is 0.161 e. The zero-order valence-electron chi connectivity index (χ0n) is 17.0. The third kappa shape index (κ3) is 5.42. The second kappa shape index (κ2) is 9.81. The lowest BCUT2D eigenvalue weighted by atomic mass is 10.1. The van der Waals surface area contributed by atoms with Gasteiger partial charge in [0.05, 0.1) is 11.6 Å². The Labute approximate surface area is 177 Å². The van der Waals surface area contributed by atoms with Gasteiger partial charge < -0.3 is 19.3 Å². The van der Waals surface area contributed by atoms with Crippen molar-refractivity contribution in [2.45, 2.75) is 12.6 Å². The van der Waals surface area contributed by atoms with E-state index in [0.29, 0.717) is 31.1 Å². The van der Waals surface area contributed by atoms with Crippen LogP contribution in [0.25, 0.3) is 0 Å². The van der Waals surface area contributed by atoms with Crippen LogP contribution in [-0.2, 0) is 6.54 Å². The molecule has 2 aromatic carbocycles. The quantitative estimate of drug-likeness (QED) is 0.748. The summed E-state index contributed by atoms with van der Waals surface area (Å²) in [4.78, 5) is 4.69. The van der Waals surface area contributed by atoms with Crippen LogP contribution in [0.2, 0.25) is 0 Å². The van der Waals surface area contributed by atoms with Crippen molar-refractivity contribution < 1.29 is 19.3 Å². The summed E-state index contributed by atoms with van der Waals surface area (Å²) < 4.78 is 16.9. The molecule has 158 valence electrons. The van der Waals surface area contributed by atoms with Crippen LogP contribution >= 0.6 is 0 Å². The third-order valence-electron chi connectivity index (χ3n) is 5.37. The molecule has 0 spiro atoms. The fraction of sp³-hybridized carbons (Fsp3) is 0.435. The molecule has 2 aliphatic rings. The number of ether oxygens (including phenoxy) is 3. The summed E-state index contributed by atoms with van der Waals surface area (Å²) in [5, 5.41) is 19.1. The van der Waals surface area contributed by atoms with Crippen LogP contribution in [0.15, 0.2) is 42.5 Å². The Morgan fingerprint density at radius 1 is 0.967 bits per heavy atom. The predicted molar refractivity (Wildman–Crippen MR) is 112 cm³/mol. The Morgan fingerprint density at radius 2 is 1.67 bits per heavy atom. The van der Waals surface area contributed by atoms with E-state index in [2.05, 4.69) is 28.0 Å². The predicted octanol–water partition coefficient (Wildman–Crippen LogP) is 1.89. The number of β-amino-alcohol motifs (C(OH)–C–C–N with tert-alkyl or cyclic N) is 1. The first-order valence-electron chi connectivity index (χ1n) is 10.3. The molecule has 0 aliphatic carbocycles. The zero-order chi connectivity index (χ0) is 20.8. The highest BCUT2D eigenvalue weighted by Crippen LogP contribution is 2.31. The lowest BCUT2D eigenvalue weighted by Crippen LogP contribution is -2.48. The van der Waals surface area contributed by atoms with Gasteiger partial charge in [0.2, 0.25) is 0 Å². The molecule has 1 unspecified atom stereocenters. The third-order valence-corrected chi connectivity index (χ3v) is 5.37.